The molecule has 0 aliphatic rings. The topological polar surface area (TPSA) is 47.7 Å². The van der Waals surface area contributed by atoms with E-state index in [1.54, 1.807) is 7.11 Å². The Kier molecular flexibility index (Phi) is 5.95. The van der Waals surface area contributed by atoms with Crippen molar-refractivity contribution >= 4 is 5.69 Å². The first-order valence-electron chi connectivity index (χ1n) is 6.25. The van der Waals surface area contributed by atoms with Crippen LogP contribution >= 0.6 is 0 Å². The molecule has 0 aliphatic heterocycles. The average Bonchev–Trinajstić information content (AvgIpc) is 2.31. The van der Waals surface area contributed by atoms with Crippen LogP contribution in [0.2, 0.25) is 0 Å². The molecule has 0 bridgehead atoms. The Morgan fingerprint density at radius 1 is 1.33 bits per heavy atom. The van der Waals surface area contributed by atoms with E-state index in [1.807, 2.05) is 32.0 Å². The van der Waals surface area contributed by atoms with Gasteiger partial charge in [-0.15, -0.1) is 0 Å². The van der Waals surface area contributed by atoms with Gasteiger partial charge in [0.25, 0.3) is 0 Å². The number of methoxy groups -OCH3 is 1. The molecule has 0 heterocycles. The van der Waals surface area contributed by atoms with Crippen molar-refractivity contribution in [3.05, 3.63) is 23.8 Å². The zero-order valence-electron chi connectivity index (χ0n) is 11.8. The molecule has 0 radical (unpaired) electrons. The molecule has 0 unspecified atom stereocenters. The van der Waals surface area contributed by atoms with E-state index in [0.717, 1.165) is 36.7 Å². The summed E-state index contributed by atoms with van der Waals surface area (Å²) in [6.07, 6.45) is 0.282. The van der Waals surface area contributed by atoms with Crippen molar-refractivity contribution in [3.63, 3.8) is 0 Å². The standard InChI is InChI=1S/C14H24N2O2/c1-11(2)18-8-7-16(3)10-12-5-6-13(15)9-14(12)17-4/h5-6,9,11H,7-8,10,15H2,1-4H3. The largest absolute Gasteiger partial charge is 0.496 e. The minimum Gasteiger partial charge on any atom is -0.496 e. The number of nitrogens with two attached hydrogens (primary N) is 1. The predicted molar refractivity (Wildman–Crippen MR) is 74.8 cm³/mol. The lowest BCUT2D eigenvalue weighted by Crippen LogP contribution is -2.24. The smallest absolute Gasteiger partial charge is 0.125 e. The highest BCUT2D eigenvalue weighted by Crippen LogP contribution is 2.22. The van der Waals surface area contributed by atoms with Crippen molar-refractivity contribution in [1.29, 1.82) is 0 Å². The minimum atomic E-state index is 0.282. The monoisotopic (exact) mass is 252 g/mol. The lowest BCUT2D eigenvalue weighted by molar-refractivity contribution is 0.0626. The van der Waals surface area contributed by atoms with Crippen molar-refractivity contribution in [1.82, 2.24) is 4.90 Å². The summed E-state index contributed by atoms with van der Waals surface area (Å²) in [7, 11) is 3.74. The summed E-state index contributed by atoms with van der Waals surface area (Å²) in [5, 5.41) is 0. The van der Waals surface area contributed by atoms with E-state index in [9.17, 15) is 0 Å². The fraction of sp³-hybridized carbons (Fsp3) is 0.571. The van der Waals surface area contributed by atoms with Crippen LogP contribution < -0.4 is 10.5 Å². The molecule has 0 aromatic heterocycles. The zero-order valence-corrected chi connectivity index (χ0v) is 11.8. The van der Waals surface area contributed by atoms with Gasteiger partial charge in [-0.2, -0.15) is 0 Å². The van der Waals surface area contributed by atoms with Crippen LogP contribution in [0.15, 0.2) is 18.2 Å². The van der Waals surface area contributed by atoms with Crippen LogP contribution in [0.1, 0.15) is 19.4 Å². The van der Waals surface area contributed by atoms with E-state index < -0.39 is 0 Å². The number of nitrogen functional groups attached to an aromatic ring is 1. The van der Waals surface area contributed by atoms with E-state index in [0.29, 0.717) is 0 Å². The molecule has 0 fully saturated rings. The molecule has 2 N–H and O–H groups in total. The van der Waals surface area contributed by atoms with Crippen molar-refractivity contribution in [3.8, 4) is 5.75 Å². The summed E-state index contributed by atoms with van der Waals surface area (Å²) < 4.78 is 10.9. The first-order valence-corrected chi connectivity index (χ1v) is 6.25. The molecule has 1 aromatic carbocycles. The maximum absolute atomic E-state index is 5.73. The number of hydrogen-bond acceptors (Lipinski definition) is 4. The highest BCUT2D eigenvalue weighted by molar-refractivity contribution is 5.48. The van der Waals surface area contributed by atoms with Crippen LogP contribution in [0.4, 0.5) is 5.69 Å². The number of rotatable bonds is 7. The molecule has 1 aromatic rings. The maximum Gasteiger partial charge on any atom is 0.125 e. The molecular weight excluding hydrogens is 228 g/mol. The molecule has 4 heteroatoms. The van der Waals surface area contributed by atoms with Gasteiger partial charge in [0, 0.05) is 30.4 Å². The van der Waals surface area contributed by atoms with Gasteiger partial charge in [-0.05, 0) is 27.0 Å². The van der Waals surface area contributed by atoms with E-state index in [-0.39, 0.29) is 6.10 Å². The third-order valence-corrected chi connectivity index (χ3v) is 2.68. The van der Waals surface area contributed by atoms with Crippen LogP contribution in [0.25, 0.3) is 0 Å². The molecule has 0 spiro atoms. The summed E-state index contributed by atoms with van der Waals surface area (Å²) >= 11 is 0. The molecule has 1 rings (SSSR count). The Morgan fingerprint density at radius 3 is 2.67 bits per heavy atom. The van der Waals surface area contributed by atoms with Crippen LogP contribution in [0.3, 0.4) is 0 Å². The Hall–Kier alpha value is -1.26. The molecule has 0 saturated carbocycles. The molecule has 0 amide bonds. The summed E-state index contributed by atoms with van der Waals surface area (Å²) in [6, 6.07) is 5.76. The zero-order chi connectivity index (χ0) is 13.5. The Bertz CT molecular complexity index is 367. The lowest BCUT2D eigenvalue weighted by Gasteiger charge is -2.19. The van der Waals surface area contributed by atoms with Crippen LogP contribution in [0.5, 0.6) is 5.75 Å². The van der Waals surface area contributed by atoms with Crippen molar-refractivity contribution in [2.24, 2.45) is 0 Å². The maximum atomic E-state index is 5.73. The Balaban J connectivity index is 2.50. The highest BCUT2D eigenvalue weighted by Gasteiger charge is 2.07. The molecule has 0 atom stereocenters. The average molecular weight is 252 g/mol. The fourth-order valence-electron chi connectivity index (χ4n) is 1.71. The van der Waals surface area contributed by atoms with Gasteiger partial charge in [-0.3, -0.25) is 4.90 Å². The second kappa shape index (κ2) is 7.24. The molecular formula is C14H24N2O2. The van der Waals surface area contributed by atoms with E-state index in [4.69, 9.17) is 15.2 Å². The van der Waals surface area contributed by atoms with Gasteiger partial charge in [-0.1, -0.05) is 6.07 Å². The number of ether oxygens (including phenoxy) is 2. The van der Waals surface area contributed by atoms with Gasteiger partial charge < -0.3 is 15.2 Å². The Morgan fingerprint density at radius 2 is 2.06 bits per heavy atom. The number of hydrogen-bond donors (Lipinski definition) is 1. The first-order chi connectivity index (χ1) is 8.52. The molecule has 102 valence electrons. The number of likely N-dealkylation sites (N-methyl/N-ethyl adjacent to an activating group) is 1. The van der Waals surface area contributed by atoms with Crippen molar-refractivity contribution < 1.29 is 9.47 Å². The van der Waals surface area contributed by atoms with Crippen LogP contribution in [0, 0.1) is 0 Å². The fourth-order valence-corrected chi connectivity index (χ4v) is 1.71. The van der Waals surface area contributed by atoms with E-state index >= 15 is 0 Å². The summed E-state index contributed by atoms with van der Waals surface area (Å²) in [5.41, 5.74) is 7.59. The Labute approximate surface area is 110 Å². The second-order valence-corrected chi connectivity index (χ2v) is 4.73. The van der Waals surface area contributed by atoms with Crippen LogP contribution in [-0.2, 0) is 11.3 Å². The molecule has 4 nitrogen and oxygen atoms in total. The second-order valence-electron chi connectivity index (χ2n) is 4.73. The summed E-state index contributed by atoms with van der Waals surface area (Å²) in [6.45, 7) is 6.55. The lowest BCUT2D eigenvalue weighted by atomic mass is 10.1. The van der Waals surface area contributed by atoms with Gasteiger partial charge in [0.1, 0.15) is 5.75 Å². The van der Waals surface area contributed by atoms with Crippen LogP contribution in [-0.4, -0.2) is 38.3 Å². The molecule has 18 heavy (non-hydrogen) atoms. The van der Waals surface area contributed by atoms with Gasteiger partial charge in [0.05, 0.1) is 19.8 Å². The van der Waals surface area contributed by atoms with Crippen molar-refractivity contribution in [2.45, 2.75) is 26.5 Å². The normalized spacial score (nSPS) is 11.2. The van der Waals surface area contributed by atoms with Gasteiger partial charge in [0.2, 0.25) is 0 Å². The predicted octanol–water partition coefficient (Wildman–Crippen LogP) is 2.13. The minimum absolute atomic E-state index is 0.282. The molecule has 0 aliphatic carbocycles. The van der Waals surface area contributed by atoms with E-state index in [1.165, 1.54) is 0 Å². The summed E-state index contributed by atoms with van der Waals surface area (Å²) in [4.78, 5) is 2.20. The highest BCUT2D eigenvalue weighted by atomic mass is 16.5. The number of anilines is 1. The van der Waals surface area contributed by atoms with E-state index in [2.05, 4.69) is 11.9 Å². The quantitative estimate of drug-likeness (QED) is 0.755. The third kappa shape index (κ3) is 4.94. The van der Waals surface area contributed by atoms with Gasteiger partial charge >= 0.3 is 0 Å². The summed E-state index contributed by atoms with van der Waals surface area (Å²) in [5.74, 6) is 0.839. The van der Waals surface area contributed by atoms with Crippen molar-refractivity contribution in [2.75, 3.05) is 33.0 Å². The SMILES string of the molecule is COc1cc(N)ccc1CN(C)CCOC(C)C. The first kappa shape index (κ1) is 14.8. The molecule has 0 saturated heterocycles. The van der Waals surface area contributed by atoms with Gasteiger partial charge in [-0.25, -0.2) is 0 Å². The number of nitrogens with zero attached hydrogens (tertiary/aromatic N) is 1. The number of benzene rings is 1. The van der Waals surface area contributed by atoms with Gasteiger partial charge in [0.15, 0.2) is 0 Å². The third-order valence-electron chi connectivity index (χ3n) is 2.68.